The molecule has 136 valence electrons. The lowest BCUT2D eigenvalue weighted by atomic mass is 10.0. The zero-order valence-corrected chi connectivity index (χ0v) is 16.9. The maximum absolute atomic E-state index is 13.1. The first-order chi connectivity index (χ1) is 12.3. The molecular formula is C20H22N2O2S2. The lowest BCUT2D eigenvalue weighted by molar-refractivity contribution is 0.599. The van der Waals surface area contributed by atoms with E-state index in [2.05, 4.69) is 9.71 Å². The van der Waals surface area contributed by atoms with Crippen molar-refractivity contribution in [2.75, 3.05) is 4.72 Å². The molecule has 26 heavy (non-hydrogen) atoms. The van der Waals surface area contributed by atoms with Crippen molar-refractivity contribution < 1.29 is 8.42 Å². The number of benzene rings is 2. The van der Waals surface area contributed by atoms with Crippen LogP contribution in [0.4, 0.5) is 5.69 Å². The van der Waals surface area contributed by atoms with Gasteiger partial charge < -0.3 is 0 Å². The Morgan fingerprint density at radius 3 is 2.42 bits per heavy atom. The highest BCUT2D eigenvalue weighted by atomic mass is 32.2. The Balaban J connectivity index is 2.10. The van der Waals surface area contributed by atoms with Crippen molar-refractivity contribution in [3.05, 3.63) is 64.0 Å². The van der Waals surface area contributed by atoms with Gasteiger partial charge in [-0.25, -0.2) is 13.4 Å². The third kappa shape index (κ3) is 3.81. The molecule has 0 aliphatic rings. The van der Waals surface area contributed by atoms with E-state index in [1.165, 1.54) is 0 Å². The number of para-hydroxylation sites is 1. The van der Waals surface area contributed by atoms with Gasteiger partial charge >= 0.3 is 0 Å². The van der Waals surface area contributed by atoms with Gasteiger partial charge in [0.05, 0.1) is 21.3 Å². The zero-order chi connectivity index (χ0) is 18.9. The van der Waals surface area contributed by atoms with Crippen LogP contribution in [-0.2, 0) is 10.0 Å². The molecule has 1 aromatic heterocycles. The number of aromatic nitrogens is 1. The number of thiazole rings is 1. The van der Waals surface area contributed by atoms with E-state index in [1.54, 1.807) is 23.5 Å². The lowest BCUT2D eigenvalue weighted by Crippen LogP contribution is -2.16. The van der Waals surface area contributed by atoms with Crippen LogP contribution in [0.3, 0.4) is 0 Å². The van der Waals surface area contributed by atoms with Gasteiger partial charge in [0.25, 0.3) is 10.0 Å². The molecule has 0 atom stereocenters. The van der Waals surface area contributed by atoms with E-state index in [1.807, 2.05) is 63.4 Å². The number of rotatable bonds is 5. The molecule has 3 aromatic rings. The average molecular weight is 387 g/mol. The fraction of sp³-hybridized carbons (Fsp3) is 0.250. The molecule has 6 heteroatoms. The van der Waals surface area contributed by atoms with Crippen molar-refractivity contribution in [1.29, 1.82) is 0 Å². The maximum atomic E-state index is 13.1. The standard InChI is InChI=1S/C20H22N2O2S2/c1-13(2)17-10-9-16(19-12-25-15(4)21-19)11-20(17)26(23,24)22-18-8-6-5-7-14(18)3/h5-13,22H,1-4H3. The summed E-state index contributed by atoms with van der Waals surface area (Å²) in [5.41, 5.74) is 3.88. The molecule has 0 bridgehead atoms. The highest BCUT2D eigenvalue weighted by Crippen LogP contribution is 2.31. The summed E-state index contributed by atoms with van der Waals surface area (Å²) in [6.45, 7) is 7.81. The van der Waals surface area contributed by atoms with E-state index in [9.17, 15) is 8.42 Å². The monoisotopic (exact) mass is 386 g/mol. The normalized spacial score (nSPS) is 11.7. The summed E-state index contributed by atoms with van der Waals surface area (Å²) in [7, 11) is -3.71. The van der Waals surface area contributed by atoms with Crippen LogP contribution in [0.25, 0.3) is 11.3 Å². The molecule has 0 unspecified atom stereocenters. The second-order valence-corrected chi connectivity index (χ2v) is 9.29. The first-order valence-electron chi connectivity index (χ1n) is 8.43. The van der Waals surface area contributed by atoms with E-state index >= 15 is 0 Å². The van der Waals surface area contributed by atoms with Crippen LogP contribution in [0.5, 0.6) is 0 Å². The molecule has 0 radical (unpaired) electrons. The highest BCUT2D eigenvalue weighted by molar-refractivity contribution is 7.92. The number of hydrogen-bond donors (Lipinski definition) is 1. The molecule has 3 rings (SSSR count). The Hall–Kier alpha value is -2.18. The fourth-order valence-electron chi connectivity index (χ4n) is 2.79. The smallest absolute Gasteiger partial charge is 0.262 e. The Morgan fingerprint density at radius 1 is 1.08 bits per heavy atom. The maximum Gasteiger partial charge on any atom is 0.262 e. The predicted octanol–water partition coefficient (Wildman–Crippen LogP) is 5.35. The Kier molecular flexibility index (Phi) is 5.16. The number of hydrogen-bond acceptors (Lipinski definition) is 4. The quantitative estimate of drug-likeness (QED) is 0.643. The van der Waals surface area contributed by atoms with Crippen molar-refractivity contribution >= 4 is 27.0 Å². The van der Waals surface area contributed by atoms with Crippen molar-refractivity contribution in [3.8, 4) is 11.3 Å². The highest BCUT2D eigenvalue weighted by Gasteiger charge is 2.22. The fourth-order valence-corrected chi connectivity index (χ4v) is 4.93. The Bertz CT molecular complexity index is 1040. The van der Waals surface area contributed by atoms with E-state index < -0.39 is 10.0 Å². The summed E-state index contributed by atoms with van der Waals surface area (Å²) >= 11 is 1.55. The van der Waals surface area contributed by atoms with Gasteiger partial charge in [-0.2, -0.15) is 0 Å². The van der Waals surface area contributed by atoms with E-state index in [-0.39, 0.29) is 5.92 Å². The molecule has 2 aromatic carbocycles. The molecule has 0 saturated heterocycles. The van der Waals surface area contributed by atoms with Crippen molar-refractivity contribution in [3.63, 3.8) is 0 Å². The third-order valence-electron chi connectivity index (χ3n) is 4.23. The molecular weight excluding hydrogens is 364 g/mol. The van der Waals surface area contributed by atoms with Crippen LogP contribution in [-0.4, -0.2) is 13.4 Å². The summed E-state index contributed by atoms with van der Waals surface area (Å²) in [4.78, 5) is 4.78. The lowest BCUT2D eigenvalue weighted by Gasteiger charge is -2.16. The van der Waals surface area contributed by atoms with Gasteiger partial charge in [0.15, 0.2) is 0 Å². The SMILES string of the molecule is Cc1nc(-c2ccc(C(C)C)c(S(=O)(=O)Nc3ccccc3C)c2)cs1. The van der Waals surface area contributed by atoms with Gasteiger partial charge in [0, 0.05) is 10.9 Å². The zero-order valence-electron chi connectivity index (χ0n) is 15.3. The van der Waals surface area contributed by atoms with Gasteiger partial charge in [-0.15, -0.1) is 11.3 Å². The number of nitrogens with zero attached hydrogens (tertiary/aromatic N) is 1. The van der Waals surface area contributed by atoms with Crippen LogP contribution < -0.4 is 4.72 Å². The summed E-state index contributed by atoms with van der Waals surface area (Å²) < 4.78 is 29.0. The third-order valence-corrected chi connectivity index (χ3v) is 6.42. The van der Waals surface area contributed by atoms with Crippen LogP contribution in [0.1, 0.15) is 35.9 Å². The van der Waals surface area contributed by atoms with Crippen LogP contribution in [0, 0.1) is 13.8 Å². The molecule has 4 nitrogen and oxygen atoms in total. The predicted molar refractivity (Wildman–Crippen MR) is 108 cm³/mol. The second-order valence-electron chi connectivity index (χ2n) is 6.58. The minimum Gasteiger partial charge on any atom is -0.279 e. The second kappa shape index (κ2) is 7.21. The number of anilines is 1. The van der Waals surface area contributed by atoms with E-state index in [0.29, 0.717) is 10.6 Å². The van der Waals surface area contributed by atoms with E-state index in [0.717, 1.165) is 27.4 Å². The summed E-state index contributed by atoms with van der Waals surface area (Å²) in [6.07, 6.45) is 0. The van der Waals surface area contributed by atoms with Gasteiger partial charge in [-0.05, 0) is 43.0 Å². The number of nitrogens with one attached hydrogen (secondary N) is 1. The van der Waals surface area contributed by atoms with Crippen molar-refractivity contribution in [2.24, 2.45) is 0 Å². The van der Waals surface area contributed by atoms with Gasteiger partial charge in [-0.3, -0.25) is 4.72 Å². The van der Waals surface area contributed by atoms with Crippen molar-refractivity contribution in [2.45, 2.75) is 38.5 Å². The molecule has 0 aliphatic heterocycles. The van der Waals surface area contributed by atoms with E-state index in [4.69, 9.17) is 0 Å². The molecule has 0 fully saturated rings. The Morgan fingerprint density at radius 2 is 1.81 bits per heavy atom. The molecule has 1 N–H and O–H groups in total. The van der Waals surface area contributed by atoms with Crippen LogP contribution >= 0.6 is 11.3 Å². The van der Waals surface area contributed by atoms with Crippen LogP contribution in [0.15, 0.2) is 52.7 Å². The summed E-state index contributed by atoms with van der Waals surface area (Å²) in [5.74, 6) is 0.0877. The topological polar surface area (TPSA) is 59.1 Å². The number of aryl methyl sites for hydroxylation is 2. The minimum atomic E-state index is -3.71. The van der Waals surface area contributed by atoms with Crippen molar-refractivity contribution in [1.82, 2.24) is 4.98 Å². The summed E-state index contributed by atoms with van der Waals surface area (Å²) in [5, 5.41) is 2.90. The molecule has 0 amide bonds. The Labute approximate surface area is 159 Å². The largest absolute Gasteiger partial charge is 0.279 e. The number of sulfonamides is 1. The van der Waals surface area contributed by atoms with Gasteiger partial charge in [0.2, 0.25) is 0 Å². The average Bonchev–Trinajstić information content (AvgIpc) is 3.02. The first-order valence-corrected chi connectivity index (χ1v) is 10.8. The molecule has 0 aliphatic carbocycles. The summed E-state index contributed by atoms with van der Waals surface area (Å²) in [6, 6.07) is 12.9. The van der Waals surface area contributed by atoms with Gasteiger partial charge in [-0.1, -0.05) is 44.2 Å². The van der Waals surface area contributed by atoms with Crippen LogP contribution in [0.2, 0.25) is 0 Å². The molecule has 0 saturated carbocycles. The molecule has 1 heterocycles. The molecule has 0 spiro atoms. The minimum absolute atomic E-state index is 0.0877. The first kappa shape index (κ1) is 18.6. The van der Waals surface area contributed by atoms with Gasteiger partial charge in [0.1, 0.15) is 0 Å².